The lowest BCUT2D eigenvalue weighted by atomic mass is 10.1. The van der Waals surface area contributed by atoms with Gasteiger partial charge in [-0.2, -0.15) is 0 Å². The van der Waals surface area contributed by atoms with Crippen LogP contribution in [0.15, 0.2) is 12.2 Å². The molecular formula is C10H19ClO. The summed E-state index contributed by atoms with van der Waals surface area (Å²) < 4.78 is 0. The molecule has 72 valence electrons. The summed E-state index contributed by atoms with van der Waals surface area (Å²) in [4.78, 5) is 0. The van der Waals surface area contributed by atoms with Crippen LogP contribution in [0.25, 0.3) is 0 Å². The minimum Gasteiger partial charge on any atom is -0.389 e. The summed E-state index contributed by atoms with van der Waals surface area (Å²) in [5.41, 5.74) is 0. The van der Waals surface area contributed by atoms with Gasteiger partial charge in [0.05, 0.1) is 6.10 Å². The average Bonchev–Trinajstić information content (AvgIpc) is 2.06. The van der Waals surface area contributed by atoms with Crippen molar-refractivity contribution in [2.45, 2.75) is 45.1 Å². The Morgan fingerprint density at radius 1 is 1.42 bits per heavy atom. The van der Waals surface area contributed by atoms with E-state index in [2.05, 4.69) is 6.92 Å². The van der Waals surface area contributed by atoms with E-state index in [-0.39, 0.29) is 6.10 Å². The van der Waals surface area contributed by atoms with Crippen molar-refractivity contribution in [3.63, 3.8) is 0 Å². The van der Waals surface area contributed by atoms with E-state index in [0.29, 0.717) is 5.88 Å². The van der Waals surface area contributed by atoms with Gasteiger partial charge in [-0.25, -0.2) is 0 Å². The molecule has 12 heavy (non-hydrogen) atoms. The monoisotopic (exact) mass is 190 g/mol. The summed E-state index contributed by atoms with van der Waals surface area (Å²) in [5, 5.41) is 9.37. The molecule has 0 aliphatic heterocycles. The van der Waals surface area contributed by atoms with Gasteiger partial charge in [-0.15, -0.1) is 11.6 Å². The second-order valence-corrected chi connectivity index (χ2v) is 3.35. The molecule has 0 amide bonds. The van der Waals surface area contributed by atoms with Gasteiger partial charge in [-0.05, 0) is 25.7 Å². The summed E-state index contributed by atoms with van der Waals surface area (Å²) in [7, 11) is 0. The van der Waals surface area contributed by atoms with Crippen molar-refractivity contribution in [1.29, 1.82) is 0 Å². The highest BCUT2D eigenvalue weighted by atomic mass is 35.5. The van der Waals surface area contributed by atoms with Gasteiger partial charge in [0.25, 0.3) is 0 Å². The fourth-order valence-corrected chi connectivity index (χ4v) is 1.15. The normalized spacial score (nSPS) is 13.9. The molecule has 0 heterocycles. The smallest absolute Gasteiger partial charge is 0.0720 e. The Bertz CT molecular complexity index is 112. The van der Waals surface area contributed by atoms with Crippen molar-refractivity contribution in [1.82, 2.24) is 0 Å². The number of rotatable bonds is 7. The fourth-order valence-electron chi connectivity index (χ4n) is 0.964. The number of aliphatic hydroxyl groups excluding tert-OH is 1. The Labute approximate surface area is 80.4 Å². The molecule has 0 aromatic carbocycles. The Hall–Kier alpha value is -0.0100. The zero-order valence-electron chi connectivity index (χ0n) is 7.80. The van der Waals surface area contributed by atoms with Crippen LogP contribution in [0.3, 0.4) is 0 Å². The molecule has 0 rings (SSSR count). The molecule has 0 aliphatic rings. The first-order valence-corrected chi connectivity index (χ1v) is 5.25. The Balaban J connectivity index is 3.26. The minimum atomic E-state index is -0.264. The lowest BCUT2D eigenvalue weighted by Crippen LogP contribution is -2.01. The van der Waals surface area contributed by atoms with Gasteiger partial charge >= 0.3 is 0 Å². The first kappa shape index (κ1) is 12.0. The molecule has 1 N–H and O–H groups in total. The molecular weight excluding hydrogens is 172 g/mol. The highest BCUT2D eigenvalue weighted by Gasteiger charge is 1.96. The Morgan fingerprint density at radius 2 is 2.17 bits per heavy atom. The van der Waals surface area contributed by atoms with Crippen LogP contribution < -0.4 is 0 Å². The zero-order chi connectivity index (χ0) is 9.23. The van der Waals surface area contributed by atoms with E-state index in [0.717, 1.165) is 32.1 Å². The molecule has 0 spiro atoms. The van der Waals surface area contributed by atoms with E-state index in [4.69, 9.17) is 11.6 Å². The molecule has 0 aromatic heterocycles. The topological polar surface area (TPSA) is 20.2 Å². The standard InChI is InChI=1S/C10H19ClO/c1-2-3-4-7-10(12)8-5-6-9-11/h4,7,10,12H,2-3,5-6,8-9H2,1H3/b7-4+/t10-/m1/s1. The molecule has 0 fully saturated rings. The van der Waals surface area contributed by atoms with Crippen molar-refractivity contribution in [3.8, 4) is 0 Å². The molecule has 0 radical (unpaired) electrons. The van der Waals surface area contributed by atoms with Crippen LogP contribution in [0.4, 0.5) is 0 Å². The second-order valence-electron chi connectivity index (χ2n) is 2.97. The summed E-state index contributed by atoms with van der Waals surface area (Å²) in [6, 6.07) is 0. The van der Waals surface area contributed by atoms with Crippen LogP contribution >= 0.6 is 11.6 Å². The van der Waals surface area contributed by atoms with E-state index < -0.39 is 0 Å². The van der Waals surface area contributed by atoms with Crippen LogP contribution in [-0.4, -0.2) is 17.1 Å². The minimum absolute atomic E-state index is 0.264. The quantitative estimate of drug-likeness (QED) is 0.372. The van der Waals surface area contributed by atoms with Crippen LogP contribution in [0.1, 0.15) is 39.0 Å². The zero-order valence-corrected chi connectivity index (χ0v) is 8.56. The number of hydrogen-bond donors (Lipinski definition) is 1. The fraction of sp³-hybridized carbons (Fsp3) is 0.800. The van der Waals surface area contributed by atoms with Gasteiger partial charge < -0.3 is 5.11 Å². The molecule has 0 unspecified atom stereocenters. The number of allylic oxidation sites excluding steroid dienone is 1. The molecule has 1 atom stereocenters. The lowest BCUT2D eigenvalue weighted by molar-refractivity contribution is 0.209. The predicted molar refractivity (Wildman–Crippen MR) is 54.6 cm³/mol. The maximum atomic E-state index is 9.37. The maximum absolute atomic E-state index is 9.37. The van der Waals surface area contributed by atoms with E-state index in [1.54, 1.807) is 0 Å². The maximum Gasteiger partial charge on any atom is 0.0720 e. The molecule has 1 nitrogen and oxygen atoms in total. The molecule has 0 saturated carbocycles. The van der Waals surface area contributed by atoms with Crippen molar-refractivity contribution < 1.29 is 5.11 Å². The highest BCUT2D eigenvalue weighted by Crippen LogP contribution is 2.03. The first-order valence-electron chi connectivity index (χ1n) is 4.72. The van der Waals surface area contributed by atoms with E-state index in [9.17, 15) is 5.11 Å². The van der Waals surface area contributed by atoms with Gasteiger partial charge in [0, 0.05) is 5.88 Å². The summed E-state index contributed by atoms with van der Waals surface area (Å²) in [6.07, 6.45) is 8.73. The van der Waals surface area contributed by atoms with E-state index in [1.807, 2.05) is 12.2 Å². The van der Waals surface area contributed by atoms with Gasteiger partial charge in [0.15, 0.2) is 0 Å². The van der Waals surface area contributed by atoms with Gasteiger partial charge in [0.1, 0.15) is 0 Å². The number of halogens is 1. The largest absolute Gasteiger partial charge is 0.389 e. The second kappa shape index (κ2) is 9.08. The van der Waals surface area contributed by atoms with E-state index >= 15 is 0 Å². The third-order valence-corrected chi connectivity index (χ3v) is 1.96. The SMILES string of the molecule is CCC/C=C/[C@@H](O)CCCCCl. The Kier molecular flexibility index (Phi) is 9.07. The van der Waals surface area contributed by atoms with Crippen LogP contribution in [-0.2, 0) is 0 Å². The summed E-state index contributed by atoms with van der Waals surface area (Å²) in [5.74, 6) is 0.700. The molecule has 0 aromatic rings. The van der Waals surface area contributed by atoms with Crippen LogP contribution in [0.5, 0.6) is 0 Å². The van der Waals surface area contributed by atoms with Crippen molar-refractivity contribution in [2.75, 3.05) is 5.88 Å². The number of aliphatic hydroxyl groups is 1. The highest BCUT2D eigenvalue weighted by molar-refractivity contribution is 6.17. The molecule has 0 aliphatic carbocycles. The number of unbranched alkanes of at least 4 members (excludes halogenated alkanes) is 2. The third kappa shape index (κ3) is 8.09. The molecule has 2 heteroatoms. The van der Waals surface area contributed by atoms with Crippen molar-refractivity contribution in [3.05, 3.63) is 12.2 Å². The number of alkyl halides is 1. The van der Waals surface area contributed by atoms with Crippen LogP contribution in [0.2, 0.25) is 0 Å². The predicted octanol–water partition coefficient (Wildman–Crippen LogP) is 3.11. The van der Waals surface area contributed by atoms with Crippen LogP contribution in [0, 0.1) is 0 Å². The first-order chi connectivity index (χ1) is 5.81. The molecule has 0 bridgehead atoms. The third-order valence-electron chi connectivity index (χ3n) is 1.70. The van der Waals surface area contributed by atoms with Gasteiger partial charge in [-0.1, -0.05) is 25.5 Å². The average molecular weight is 191 g/mol. The summed E-state index contributed by atoms with van der Waals surface area (Å²) in [6.45, 7) is 2.13. The Morgan fingerprint density at radius 3 is 2.75 bits per heavy atom. The lowest BCUT2D eigenvalue weighted by Gasteiger charge is -2.03. The van der Waals surface area contributed by atoms with Crippen molar-refractivity contribution >= 4 is 11.6 Å². The van der Waals surface area contributed by atoms with Crippen molar-refractivity contribution in [2.24, 2.45) is 0 Å². The molecule has 0 saturated heterocycles. The van der Waals surface area contributed by atoms with Gasteiger partial charge in [-0.3, -0.25) is 0 Å². The number of hydrogen-bond acceptors (Lipinski definition) is 1. The summed E-state index contributed by atoms with van der Waals surface area (Å²) >= 11 is 5.51. The van der Waals surface area contributed by atoms with Gasteiger partial charge in [0.2, 0.25) is 0 Å². The van der Waals surface area contributed by atoms with E-state index in [1.165, 1.54) is 0 Å².